The molecule has 0 aliphatic heterocycles. The smallest absolute Gasteiger partial charge is 0.255 e. The molecule has 0 saturated carbocycles. The largest absolute Gasteiger partial charge is 0.397 e. The van der Waals surface area contributed by atoms with Crippen molar-refractivity contribution in [3.8, 4) is 0 Å². The Bertz CT molecular complexity index is 1170. The highest BCUT2D eigenvalue weighted by Gasteiger charge is 2.11. The van der Waals surface area contributed by atoms with Gasteiger partial charge in [-0.3, -0.25) is 9.48 Å². The molecule has 0 aliphatic rings. The molecule has 140 valence electrons. The number of nitrogen functional groups attached to an aromatic ring is 1. The molecular formula is C22H19FN4O. The Morgan fingerprint density at radius 3 is 2.61 bits per heavy atom. The summed E-state index contributed by atoms with van der Waals surface area (Å²) in [5.74, 6) is -0.521. The van der Waals surface area contributed by atoms with Gasteiger partial charge in [0.2, 0.25) is 0 Å². The monoisotopic (exact) mass is 374 g/mol. The van der Waals surface area contributed by atoms with Crippen LogP contribution in [0.15, 0.2) is 66.7 Å². The fourth-order valence-corrected chi connectivity index (χ4v) is 3.17. The van der Waals surface area contributed by atoms with Gasteiger partial charge >= 0.3 is 0 Å². The SMILES string of the molecule is Cc1nn(Cc2ccc(C(=O)Nc3ccccc3N)cc2)c2cc(F)ccc12. The summed E-state index contributed by atoms with van der Waals surface area (Å²) in [5, 5.41) is 8.24. The van der Waals surface area contributed by atoms with Crippen LogP contribution in [0.2, 0.25) is 0 Å². The molecule has 0 bridgehead atoms. The van der Waals surface area contributed by atoms with Gasteiger partial charge in [0.25, 0.3) is 5.91 Å². The number of fused-ring (bicyclic) bond motifs is 1. The lowest BCUT2D eigenvalue weighted by Gasteiger charge is -2.09. The van der Waals surface area contributed by atoms with Crippen LogP contribution in [-0.2, 0) is 6.54 Å². The molecule has 0 spiro atoms. The second-order valence-corrected chi connectivity index (χ2v) is 6.64. The van der Waals surface area contributed by atoms with Crippen molar-refractivity contribution in [3.63, 3.8) is 0 Å². The fraction of sp³-hybridized carbons (Fsp3) is 0.0909. The van der Waals surface area contributed by atoms with Gasteiger partial charge in [0.05, 0.1) is 29.1 Å². The van der Waals surface area contributed by atoms with E-state index >= 15 is 0 Å². The summed E-state index contributed by atoms with van der Waals surface area (Å²) in [6, 6.07) is 19.0. The van der Waals surface area contributed by atoms with Crippen LogP contribution in [0.5, 0.6) is 0 Å². The summed E-state index contributed by atoms with van der Waals surface area (Å²) in [7, 11) is 0. The van der Waals surface area contributed by atoms with E-state index < -0.39 is 0 Å². The van der Waals surface area contributed by atoms with Gasteiger partial charge in [-0.05, 0) is 55.0 Å². The second-order valence-electron chi connectivity index (χ2n) is 6.64. The number of aromatic nitrogens is 2. The third kappa shape index (κ3) is 3.44. The van der Waals surface area contributed by atoms with Crippen LogP contribution in [-0.4, -0.2) is 15.7 Å². The van der Waals surface area contributed by atoms with Gasteiger partial charge in [0.15, 0.2) is 0 Å². The van der Waals surface area contributed by atoms with Crippen molar-refractivity contribution in [2.45, 2.75) is 13.5 Å². The average Bonchev–Trinajstić information content (AvgIpc) is 2.99. The standard InChI is InChI=1S/C22H19FN4O/c1-14-18-11-10-17(23)12-21(18)27(26-14)13-15-6-8-16(9-7-15)22(28)25-20-5-3-2-4-19(20)24/h2-12H,13,24H2,1H3,(H,25,28). The minimum absolute atomic E-state index is 0.230. The summed E-state index contributed by atoms with van der Waals surface area (Å²) in [6.45, 7) is 2.39. The first kappa shape index (κ1) is 17.7. The molecule has 0 unspecified atom stereocenters. The number of amides is 1. The summed E-state index contributed by atoms with van der Waals surface area (Å²) >= 11 is 0. The zero-order valence-electron chi connectivity index (χ0n) is 15.3. The van der Waals surface area contributed by atoms with E-state index in [1.54, 1.807) is 35.0 Å². The van der Waals surface area contributed by atoms with Crippen molar-refractivity contribution in [2.75, 3.05) is 11.1 Å². The van der Waals surface area contributed by atoms with Crippen molar-refractivity contribution in [3.05, 3.63) is 89.4 Å². The number of hydrogen-bond donors (Lipinski definition) is 2. The molecule has 0 fully saturated rings. The van der Waals surface area contributed by atoms with E-state index in [1.165, 1.54) is 12.1 Å². The van der Waals surface area contributed by atoms with Crippen LogP contribution in [0.1, 0.15) is 21.6 Å². The van der Waals surface area contributed by atoms with Crippen molar-refractivity contribution in [2.24, 2.45) is 0 Å². The van der Waals surface area contributed by atoms with Gasteiger partial charge in [0.1, 0.15) is 5.82 Å². The Hall–Kier alpha value is -3.67. The Kier molecular flexibility index (Phi) is 4.53. The number of carbonyl (C=O) groups is 1. The minimum Gasteiger partial charge on any atom is -0.397 e. The lowest BCUT2D eigenvalue weighted by Crippen LogP contribution is -2.13. The number of aryl methyl sites for hydroxylation is 1. The van der Waals surface area contributed by atoms with Gasteiger partial charge in [-0.15, -0.1) is 0 Å². The number of anilines is 2. The number of para-hydroxylation sites is 2. The number of halogens is 1. The van der Waals surface area contributed by atoms with Crippen LogP contribution in [0, 0.1) is 12.7 Å². The van der Waals surface area contributed by atoms with Gasteiger partial charge in [-0.1, -0.05) is 24.3 Å². The Morgan fingerprint density at radius 2 is 1.86 bits per heavy atom. The predicted molar refractivity (Wildman–Crippen MR) is 109 cm³/mol. The van der Waals surface area contributed by atoms with Gasteiger partial charge < -0.3 is 11.1 Å². The molecule has 0 atom stereocenters. The molecule has 0 radical (unpaired) electrons. The Morgan fingerprint density at radius 1 is 1.11 bits per heavy atom. The van der Waals surface area contributed by atoms with E-state index in [1.807, 2.05) is 31.2 Å². The van der Waals surface area contributed by atoms with Crippen LogP contribution >= 0.6 is 0 Å². The molecular weight excluding hydrogens is 355 g/mol. The number of carbonyl (C=O) groups excluding carboxylic acids is 1. The molecule has 5 nitrogen and oxygen atoms in total. The van der Waals surface area contributed by atoms with Gasteiger partial charge in [0, 0.05) is 10.9 Å². The maximum Gasteiger partial charge on any atom is 0.255 e. The third-order valence-electron chi connectivity index (χ3n) is 4.66. The Balaban J connectivity index is 1.53. The molecule has 3 N–H and O–H groups in total. The van der Waals surface area contributed by atoms with Gasteiger partial charge in [-0.25, -0.2) is 4.39 Å². The summed E-state index contributed by atoms with van der Waals surface area (Å²) in [5.41, 5.74) is 10.1. The van der Waals surface area contributed by atoms with Crippen molar-refractivity contribution in [1.82, 2.24) is 9.78 Å². The van der Waals surface area contributed by atoms with E-state index in [0.29, 0.717) is 23.5 Å². The summed E-state index contributed by atoms with van der Waals surface area (Å²) < 4.78 is 15.4. The van der Waals surface area contributed by atoms with Crippen LogP contribution in [0.3, 0.4) is 0 Å². The molecule has 4 rings (SSSR count). The lowest BCUT2D eigenvalue weighted by molar-refractivity contribution is 0.102. The molecule has 0 saturated heterocycles. The van der Waals surface area contributed by atoms with Crippen LogP contribution < -0.4 is 11.1 Å². The van der Waals surface area contributed by atoms with Crippen molar-refractivity contribution >= 4 is 28.2 Å². The second kappa shape index (κ2) is 7.15. The molecule has 1 amide bonds. The highest BCUT2D eigenvalue weighted by molar-refractivity contribution is 6.05. The van der Waals surface area contributed by atoms with E-state index in [-0.39, 0.29) is 11.7 Å². The number of nitrogens with zero attached hydrogens (tertiary/aromatic N) is 2. The molecule has 28 heavy (non-hydrogen) atoms. The van der Waals surface area contributed by atoms with Crippen molar-refractivity contribution < 1.29 is 9.18 Å². The van der Waals surface area contributed by atoms with Crippen molar-refractivity contribution in [1.29, 1.82) is 0 Å². The normalized spacial score (nSPS) is 10.9. The summed E-state index contributed by atoms with van der Waals surface area (Å²) in [4.78, 5) is 12.4. The maximum atomic E-state index is 13.6. The lowest BCUT2D eigenvalue weighted by atomic mass is 10.1. The van der Waals surface area contributed by atoms with Gasteiger partial charge in [-0.2, -0.15) is 5.10 Å². The number of nitrogens with two attached hydrogens (primary N) is 1. The number of hydrogen-bond acceptors (Lipinski definition) is 3. The maximum absolute atomic E-state index is 13.6. The first-order chi connectivity index (χ1) is 13.5. The van der Waals surface area contributed by atoms with E-state index in [9.17, 15) is 9.18 Å². The number of rotatable bonds is 4. The third-order valence-corrected chi connectivity index (χ3v) is 4.66. The topological polar surface area (TPSA) is 72.9 Å². The van der Waals surface area contributed by atoms with E-state index in [4.69, 9.17) is 5.73 Å². The Labute approximate surface area is 161 Å². The molecule has 1 aromatic heterocycles. The zero-order valence-corrected chi connectivity index (χ0v) is 15.3. The van der Waals surface area contributed by atoms with E-state index in [0.717, 1.165) is 22.2 Å². The highest BCUT2D eigenvalue weighted by atomic mass is 19.1. The highest BCUT2D eigenvalue weighted by Crippen LogP contribution is 2.21. The molecule has 1 heterocycles. The minimum atomic E-state index is -0.291. The average molecular weight is 374 g/mol. The van der Waals surface area contributed by atoms with E-state index in [2.05, 4.69) is 10.4 Å². The number of benzene rings is 3. The summed E-state index contributed by atoms with van der Waals surface area (Å²) in [6.07, 6.45) is 0. The van der Waals surface area contributed by atoms with Crippen LogP contribution in [0.25, 0.3) is 10.9 Å². The molecule has 6 heteroatoms. The molecule has 4 aromatic rings. The quantitative estimate of drug-likeness (QED) is 0.521. The first-order valence-electron chi connectivity index (χ1n) is 8.89. The molecule has 3 aromatic carbocycles. The first-order valence-corrected chi connectivity index (χ1v) is 8.89. The predicted octanol–water partition coefficient (Wildman–Crippen LogP) is 4.37. The fourth-order valence-electron chi connectivity index (χ4n) is 3.17. The zero-order chi connectivity index (χ0) is 19.7. The van der Waals surface area contributed by atoms with Crippen LogP contribution in [0.4, 0.5) is 15.8 Å². The number of nitrogens with one attached hydrogen (secondary N) is 1. The molecule has 0 aliphatic carbocycles.